The molecular weight excluding hydrogens is 366 g/mol. The Balaban J connectivity index is 1.55. The number of carbonyl (C=O) groups excluding carboxylic acids is 2. The van der Waals surface area contributed by atoms with Gasteiger partial charge in [0, 0.05) is 23.8 Å². The molecule has 4 rings (SSSR count). The number of anilines is 2. The molecule has 7 nitrogen and oxygen atoms in total. The molecule has 0 bridgehead atoms. The van der Waals surface area contributed by atoms with Gasteiger partial charge in [0.2, 0.25) is 21.8 Å². The topological polar surface area (TPSA) is 104 Å². The lowest BCUT2D eigenvalue weighted by Gasteiger charge is -2.24. The van der Waals surface area contributed by atoms with E-state index in [0.717, 1.165) is 18.4 Å². The number of rotatable bonds is 5. The largest absolute Gasteiger partial charge is 0.326 e. The molecule has 8 heteroatoms. The van der Waals surface area contributed by atoms with Crippen LogP contribution in [0.4, 0.5) is 11.4 Å². The lowest BCUT2D eigenvalue weighted by Crippen LogP contribution is -2.31. The fourth-order valence-electron chi connectivity index (χ4n) is 3.10. The number of amides is 2. The molecule has 2 amide bonds. The minimum absolute atomic E-state index is 0.00509. The molecule has 2 aliphatic rings. The van der Waals surface area contributed by atoms with Crippen molar-refractivity contribution >= 4 is 33.2 Å². The molecule has 1 aliphatic heterocycles. The van der Waals surface area contributed by atoms with Crippen molar-refractivity contribution in [3.05, 3.63) is 54.1 Å². The molecule has 2 aromatic carbocycles. The summed E-state index contributed by atoms with van der Waals surface area (Å²) >= 11 is 0. The average Bonchev–Trinajstić information content (AvgIpc) is 3.44. The van der Waals surface area contributed by atoms with E-state index in [-0.39, 0.29) is 29.2 Å². The highest BCUT2D eigenvalue weighted by Gasteiger charge is 2.31. The van der Waals surface area contributed by atoms with Crippen molar-refractivity contribution < 1.29 is 18.0 Å². The van der Waals surface area contributed by atoms with E-state index in [1.54, 1.807) is 30.3 Å². The van der Waals surface area contributed by atoms with Gasteiger partial charge in [-0.05, 0) is 42.7 Å². The van der Waals surface area contributed by atoms with Gasteiger partial charge >= 0.3 is 0 Å². The Morgan fingerprint density at radius 1 is 1.07 bits per heavy atom. The highest BCUT2D eigenvalue weighted by atomic mass is 32.2. The van der Waals surface area contributed by atoms with Gasteiger partial charge in [0.25, 0.3) is 0 Å². The predicted octanol–water partition coefficient (Wildman–Crippen LogP) is 2.19. The molecule has 27 heavy (non-hydrogen) atoms. The third-order valence-corrected chi connectivity index (χ3v) is 6.15. The minimum atomic E-state index is -3.60. The molecule has 1 atom stereocenters. The van der Waals surface area contributed by atoms with Gasteiger partial charge in [0.15, 0.2) is 0 Å². The van der Waals surface area contributed by atoms with E-state index in [1.807, 2.05) is 6.07 Å². The Bertz CT molecular complexity index is 1020. The fourth-order valence-corrected chi connectivity index (χ4v) is 4.45. The van der Waals surface area contributed by atoms with E-state index in [9.17, 15) is 18.0 Å². The molecule has 1 fully saturated rings. The molecule has 0 aromatic heterocycles. The first-order valence-corrected chi connectivity index (χ1v) is 10.2. The summed E-state index contributed by atoms with van der Waals surface area (Å²) < 4.78 is 27.3. The fraction of sp³-hybridized carbons (Fsp3) is 0.263. The van der Waals surface area contributed by atoms with Crippen LogP contribution in [-0.4, -0.2) is 26.3 Å². The van der Waals surface area contributed by atoms with Crippen LogP contribution in [0.15, 0.2) is 53.4 Å². The molecule has 0 radical (unpaired) electrons. The van der Waals surface area contributed by atoms with Gasteiger partial charge in [-0.1, -0.05) is 24.3 Å². The zero-order chi connectivity index (χ0) is 19.0. The Morgan fingerprint density at radius 2 is 1.85 bits per heavy atom. The Labute approximate surface area is 157 Å². The zero-order valence-electron chi connectivity index (χ0n) is 14.4. The summed E-state index contributed by atoms with van der Waals surface area (Å²) in [5.74, 6) is -1.19. The molecule has 0 unspecified atom stereocenters. The van der Waals surface area contributed by atoms with Crippen LogP contribution >= 0.6 is 0 Å². The zero-order valence-corrected chi connectivity index (χ0v) is 15.3. The number of hydrogen-bond donors (Lipinski definition) is 3. The quantitative estimate of drug-likeness (QED) is 0.734. The number of benzene rings is 2. The van der Waals surface area contributed by atoms with Gasteiger partial charge in [-0.25, -0.2) is 13.1 Å². The van der Waals surface area contributed by atoms with Crippen LogP contribution in [-0.2, 0) is 19.6 Å². The van der Waals surface area contributed by atoms with Crippen molar-refractivity contribution in [1.29, 1.82) is 0 Å². The van der Waals surface area contributed by atoms with Gasteiger partial charge < -0.3 is 10.6 Å². The smallest absolute Gasteiger partial charge is 0.240 e. The maximum absolute atomic E-state index is 12.8. The maximum atomic E-state index is 12.8. The van der Waals surface area contributed by atoms with E-state index in [4.69, 9.17) is 0 Å². The first kappa shape index (κ1) is 17.7. The summed E-state index contributed by atoms with van der Waals surface area (Å²) in [7, 11) is -3.60. The van der Waals surface area contributed by atoms with Crippen LogP contribution in [0.5, 0.6) is 0 Å². The van der Waals surface area contributed by atoms with E-state index >= 15 is 0 Å². The van der Waals surface area contributed by atoms with Crippen molar-refractivity contribution in [1.82, 2.24) is 4.72 Å². The predicted molar refractivity (Wildman–Crippen MR) is 101 cm³/mol. The summed E-state index contributed by atoms with van der Waals surface area (Å²) in [6.45, 7) is 0. The van der Waals surface area contributed by atoms with Crippen LogP contribution in [0.1, 0.15) is 30.7 Å². The first-order valence-electron chi connectivity index (χ1n) is 8.74. The van der Waals surface area contributed by atoms with Crippen molar-refractivity contribution in [3.8, 4) is 0 Å². The van der Waals surface area contributed by atoms with Gasteiger partial charge in [-0.2, -0.15) is 0 Å². The maximum Gasteiger partial charge on any atom is 0.240 e. The van der Waals surface area contributed by atoms with E-state index in [1.165, 1.54) is 12.1 Å². The molecule has 1 saturated carbocycles. The number of nitrogens with one attached hydrogen (secondary N) is 3. The summed E-state index contributed by atoms with van der Waals surface area (Å²) in [6, 6.07) is 13.3. The number of para-hydroxylation sites is 1. The van der Waals surface area contributed by atoms with Gasteiger partial charge in [-0.3, -0.25) is 9.59 Å². The molecule has 140 valence electrons. The van der Waals surface area contributed by atoms with Crippen LogP contribution in [0.25, 0.3) is 0 Å². The van der Waals surface area contributed by atoms with E-state index < -0.39 is 15.9 Å². The number of sulfonamides is 1. The average molecular weight is 385 g/mol. The highest BCUT2D eigenvalue weighted by Crippen LogP contribution is 2.33. The minimum Gasteiger partial charge on any atom is -0.326 e. The molecule has 2 aromatic rings. The SMILES string of the molecule is O=C1C[C@H](C(=O)Nc2cccc(S(=O)(=O)NC3CC3)c2)c2ccccc2N1. The molecule has 0 spiro atoms. The Kier molecular flexibility index (Phi) is 4.45. The lowest BCUT2D eigenvalue weighted by molar-refractivity contribution is -0.123. The molecular formula is C19H19N3O4S. The Morgan fingerprint density at radius 3 is 2.63 bits per heavy atom. The number of hydrogen-bond acceptors (Lipinski definition) is 4. The molecule has 1 heterocycles. The summed E-state index contributed by atoms with van der Waals surface area (Å²) in [4.78, 5) is 24.8. The summed E-state index contributed by atoms with van der Waals surface area (Å²) in [5.41, 5.74) is 1.75. The lowest BCUT2D eigenvalue weighted by atomic mass is 9.90. The standard InChI is InChI=1S/C19H19N3O4S/c23-18-11-16(15-6-1-2-7-17(15)21-18)19(24)20-13-4-3-5-14(10-13)27(25,26)22-12-8-9-12/h1-7,10,12,16,22H,8-9,11H2,(H,20,24)(H,21,23)/t16-/m0/s1. The van der Waals surface area contributed by atoms with E-state index in [2.05, 4.69) is 15.4 Å². The number of fused-ring (bicyclic) bond motifs is 1. The monoisotopic (exact) mass is 385 g/mol. The third-order valence-electron chi connectivity index (χ3n) is 4.63. The van der Waals surface area contributed by atoms with Crippen molar-refractivity contribution in [3.63, 3.8) is 0 Å². The van der Waals surface area contributed by atoms with Crippen LogP contribution in [0.3, 0.4) is 0 Å². The van der Waals surface area contributed by atoms with Crippen LogP contribution in [0, 0.1) is 0 Å². The summed E-state index contributed by atoms with van der Waals surface area (Å²) in [5, 5.41) is 5.50. The van der Waals surface area contributed by atoms with Crippen molar-refractivity contribution in [2.45, 2.75) is 36.1 Å². The van der Waals surface area contributed by atoms with Crippen molar-refractivity contribution in [2.75, 3.05) is 10.6 Å². The molecule has 3 N–H and O–H groups in total. The van der Waals surface area contributed by atoms with E-state index in [0.29, 0.717) is 11.4 Å². The van der Waals surface area contributed by atoms with Crippen LogP contribution in [0.2, 0.25) is 0 Å². The van der Waals surface area contributed by atoms with Gasteiger partial charge in [0.05, 0.1) is 10.8 Å². The number of carbonyl (C=O) groups is 2. The molecule has 0 saturated heterocycles. The second kappa shape index (κ2) is 6.79. The van der Waals surface area contributed by atoms with Gasteiger partial charge in [-0.15, -0.1) is 0 Å². The third kappa shape index (κ3) is 3.86. The molecule has 1 aliphatic carbocycles. The summed E-state index contributed by atoms with van der Waals surface area (Å²) in [6.07, 6.45) is 1.74. The van der Waals surface area contributed by atoms with Crippen molar-refractivity contribution in [2.24, 2.45) is 0 Å². The second-order valence-corrected chi connectivity index (χ2v) is 8.52. The highest BCUT2D eigenvalue weighted by molar-refractivity contribution is 7.89. The second-order valence-electron chi connectivity index (χ2n) is 6.80. The van der Waals surface area contributed by atoms with Gasteiger partial charge in [0.1, 0.15) is 0 Å². The Hall–Kier alpha value is -2.71. The first-order chi connectivity index (χ1) is 12.9. The van der Waals surface area contributed by atoms with Crippen LogP contribution < -0.4 is 15.4 Å². The normalized spacial score (nSPS) is 19.1.